The van der Waals surface area contributed by atoms with Gasteiger partial charge in [-0.05, 0) is 0 Å². The van der Waals surface area contributed by atoms with E-state index in [0.717, 1.165) is 0 Å². The second kappa shape index (κ2) is 35.4. The van der Waals surface area contributed by atoms with Gasteiger partial charge in [-0.1, -0.05) is 0 Å². The van der Waals surface area contributed by atoms with E-state index in [0.29, 0.717) is 0 Å². The summed E-state index contributed by atoms with van der Waals surface area (Å²) in [5, 5.41) is 0. The fraction of sp³-hybridized carbons (Fsp3) is 0. The van der Waals surface area contributed by atoms with Gasteiger partial charge in [0.05, 0.1) is 0 Å². The maximum atomic E-state index is 0. The Kier molecular flexibility index (Phi) is 416. The summed E-state index contributed by atoms with van der Waals surface area (Å²) >= 11 is 0. The van der Waals surface area contributed by atoms with Gasteiger partial charge in [-0.25, -0.2) is 0 Å². The summed E-state index contributed by atoms with van der Waals surface area (Å²) in [6.07, 6.45) is 0. The van der Waals surface area contributed by atoms with Crippen molar-refractivity contribution in [3.63, 3.8) is 0 Å². The SMILES string of the molecule is N.N.[K+].[OH-].[Ru]. The fourth-order valence-corrected chi connectivity index (χ4v) is 0. The molecular formula is H7KN2ORu. The van der Waals surface area contributed by atoms with Crippen molar-refractivity contribution in [2.24, 2.45) is 0 Å². The van der Waals surface area contributed by atoms with Crippen LogP contribution in [0.4, 0.5) is 0 Å². The van der Waals surface area contributed by atoms with Crippen LogP contribution >= 0.6 is 0 Å². The monoisotopic (exact) mass is 192 g/mol. The van der Waals surface area contributed by atoms with Gasteiger partial charge < -0.3 is 17.8 Å². The van der Waals surface area contributed by atoms with Gasteiger partial charge in [0.25, 0.3) is 0 Å². The van der Waals surface area contributed by atoms with E-state index < -0.39 is 0 Å². The van der Waals surface area contributed by atoms with Gasteiger partial charge in [0.1, 0.15) is 0 Å². The molecule has 0 saturated heterocycles. The molecule has 0 saturated carbocycles. The van der Waals surface area contributed by atoms with E-state index in [2.05, 4.69) is 0 Å². The average molecular weight is 191 g/mol. The molecule has 3 nitrogen and oxygen atoms in total. The molecule has 0 atom stereocenters. The minimum Gasteiger partial charge on any atom is -0.870 e. The van der Waals surface area contributed by atoms with Crippen LogP contribution in [0.25, 0.3) is 0 Å². The molecule has 32 valence electrons. The Balaban J connectivity index is 0. The molecule has 0 fully saturated rings. The predicted molar refractivity (Wildman–Crippen MR) is 12.0 cm³/mol. The Morgan fingerprint density at radius 2 is 0.800 bits per heavy atom. The van der Waals surface area contributed by atoms with E-state index >= 15 is 0 Å². The van der Waals surface area contributed by atoms with Crippen molar-refractivity contribution < 1.29 is 76.3 Å². The van der Waals surface area contributed by atoms with Crippen molar-refractivity contribution in [1.29, 1.82) is 0 Å². The first-order valence-electron chi connectivity index (χ1n) is 0. The maximum absolute atomic E-state index is 0. The van der Waals surface area contributed by atoms with Crippen LogP contribution in [-0.2, 0) is 19.5 Å². The van der Waals surface area contributed by atoms with E-state index in [4.69, 9.17) is 0 Å². The van der Waals surface area contributed by atoms with E-state index in [-0.39, 0.29) is 88.6 Å². The van der Waals surface area contributed by atoms with Crippen molar-refractivity contribution >= 4 is 0 Å². The van der Waals surface area contributed by atoms with Crippen molar-refractivity contribution in [1.82, 2.24) is 12.3 Å². The molecular weight excluding hydrogens is 184 g/mol. The van der Waals surface area contributed by atoms with E-state index in [1.165, 1.54) is 0 Å². The second-order valence-corrected chi connectivity index (χ2v) is 0. The summed E-state index contributed by atoms with van der Waals surface area (Å²) in [7, 11) is 0. The molecule has 0 aromatic rings. The minimum atomic E-state index is 0. The van der Waals surface area contributed by atoms with Gasteiger partial charge >= 0.3 is 51.4 Å². The normalized spacial score (nSPS) is 0. The zero-order valence-corrected chi connectivity index (χ0v) is 8.08. The Bertz CT molecular complexity index is 9.61. The first kappa shape index (κ1) is 58.8. The summed E-state index contributed by atoms with van der Waals surface area (Å²) in [5.41, 5.74) is 0. The standard InChI is InChI=1S/K.2H3N.H2O.Ru/h;2*1H3;1H2;/q+1;;;;/p-1. The Hall–Kier alpha value is 2.14. The third-order valence-electron chi connectivity index (χ3n) is 0. The molecule has 0 bridgehead atoms. The third kappa shape index (κ3) is 23.0. The van der Waals surface area contributed by atoms with Crippen molar-refractivity contribution in [2.75, 3.05) is 0 Å². The van der Waals surface area contributed by atoms with E-state index in [1.807, 2.05) is 0 Å². The van der Waals surface area contributed by atoms with Gasteiger partial charge in [-0.2, -0.15) is 0 Å². The number of hydrogen-bond donors (Lipinski definition) is 2. The van der Waals surface area contributed by atoms with Gasteiger partial charge in [-0.15, -0.1) is 0 Å². The molecule has 0 aliphatic carbocycles. The first-order chi connectivity index (χ1) is 0. The van der Waals surface area contributed by atoms with Crippen LogP contribution in [0.15, 0.2) is 0 Å². The molecule has 0 heterocycles. The van der Waals surface area contributed by atoms with Crippen LogP contribution in [0.2, 0.25) is 0 Å². The Labute approximate surface area is 86.9 Å². The maximum Gasteiger partial charge on any atom is 1.00 e. The van der Waals surface area contributed by atoms with Gasteiger partial charge in [-0.3, -0.25) is 0 Å². The quantitative estimate of drug-likeness (QED) is 0.403. The third-order valence-corrected chi connectivity index (χ3v) is 0. The topological polar surface area (TPSA) is 100 Å². The molecule has 7 N–H and O–H groups in total. The molecule has 0 spiro atoms. The Morgan fingerprint density at radius 1 is 0.800 bits per heavy atom. The number of hydrogen-bond acceptors (Lipinski definition) is 3. The minimum absolute atomic E-state index is 0. The fourth-order valence-electron chi connectivity index (χ4n) is 0. The molecule has 5 heteroatoms. The molecule has 5 heavy (non-hydrogen) atoms. The van der Waals surface area contributed by atoms with Crippen LogP contribution in [0, 0.1) is 0 Å². The van der Waals surface area contributed by atoms with Gasteiger partial charge in [0.15, 0.2) is 0 Å². The first-order valence-corrected chi connectivity index (χ1v) is 0. The summed E-state index contributed by atoms with van der Waals surface area (Å²) in [5.74, 6) is 0. The largest absolute Gasteiger partial charge is 1.00 e. The molecule has 0 aliphatic rings. The molecule has 0 unspecified atom stereocenters. The molecule has 0 rings (SSSR count). The number of rotatable bonds is 0. The average Bonchev–Trinajstić information content (AvgIpc) is 0. The summed E-state index contributed by atoms with van der Waals surface area (Å²) in [4.78, 5) is 0. The van der Waals surface area contributed by atoms with Crippen LogP contribution in [-0.4, -0.2) is 5.48 Å². The zero-order chi connectivity index (χ0) is 0. The summed E-state index contributed by atoms with van der Waals surface area (Å²) in [6.45, 7) is 0. The Morgan fingerprint density at radius 3 is 0.800 bits per heavy atom. The molecule has 0 aromatic carbocycles. The van der Waals surface area contributed by atoms with Crippen LogP contribution in [0.3, 0.4) is 0 Å². The van der Waals surface area contributed by atoms with Crippen LogP contribution in [0.5, 0.6) is 0 Å². The smallest absolute Gasteiger partial charge is 0.870 e. The van der Waals surface area contributed by atoms with Crippen molar-refractivity contribution in [3.8, 4) is 0 Å². The molecule has 0 aromatic heterocycles. The van der Waals surface area contributed by atoms with E-state index in [9.17, 15) is 0 Å². The second-order valence-electron chi connectivity index (χ2n) is 0. The molecule has 0 aliphatic heterocycles. The van der Waals surface area contributed by atoms with Crippen LogP contribution < -0.4 is 63.7 Å². The van der Waals surface area contributed by atoms with E-state index in [1.54, 1.807) is 0 Å². The van der Waals surface area contributed by atoms with Crippen molar-refractivity contribution in [3.05, 3.63) is 0 Å². The molecule has 0 amide bonds. The summed E-state index contributed by atoms with van der Waals surface area (Å²) < 4.78 is 0. The van der Waals surface area contributed by atoms with Crippen LogP contribution in [0.1, 0.15) is 0 Å². The van der Waals surface area contributed by atoms with Crippen molar-refractivity contribution in [2.45, 2.75) is 0 Å². The van der Waals surface area contributed by atoms with Gasteiger partial charge in [0.2, 0.25) is 0 Å². The summed E-state index contributed by atoms with van der Waals surface area (Å²) in [6, 6.07) is 0. The molecule has 0 radical (unpaired) electrons. The zero-order valence-electron chi connectivity index (χ0n) is 3.21. The van der Waals surface area contributed by atoms with Gasteiger partial charge in [0, 0.05) is 19.5 Å². The predicted octanol–water partition coefficient (Wildman–Crippen LogP) is -2.85.